The molecule has 27 heavy (non-hydrogen) atoms. The van der Waals surface area contributed by atoms with Crippen LogP contribution in [0.4, 0.5) is 27.8 Å². The molecule has 1 unspecified atom stereocenters. The number of fused-ring (bicyclic) bond motifs is 1. The van der Waals surface area contributed by atoms with Gasteiger partial charge in [0.1, 0.15) is 23.8 Å². The van der Waals surface area contributed by atoms with Gasteiger partial charge in [0, 0.05) is 18.2 Å². The quantitative estimate of drug-likeness (QED) is 0.683. The lowest BCUT2D eigenvalue weighted by molar-refractivity contribution is -0.141. The molecule has 3 rings (SSSR count). The fraction of sp³-hybridized carbons (Fsp3) is 0.312. The van der Waals surface area contributed by atoms with Gasteiger partial charge in [0.05, 0.1) is 6.04 Å². The second-order valence-electron chi connectivity index (χ2n) is 5.99. The first kappa shape index (κ1) is 19.0. The minimum Gasteiger partial charge on any atom is -0.368 e. The van der Waals surface area contributed by atoms with Crippen LogP contribution in [0.1, 0.15) is 17.3 Å². The van der Waals surface area contributed by atoms with Gasteiger partial charge >= 0.3 is 6.18 Å². The van der Waals surface area contributed by atoms with Crippen LogP contribution in [0.3, 0.4) is 0 Å². The van der Waals surface area contributed by atoms with Gasteiger partial charge in [-0.3, -0.25) is 0 Å². The molecule has 1 aromatic carbocycles. The van der Waals surface area contributed by atoms with Gasteiger partial charge in [0.2, 0.25) is 0 Å². The third-order valence-electron chi connectivity index (χ3n) is 3.98. The topological polar surface area (TPSA) is 58.3 Å². The molecule has 0 saturated heterocycles. The number of nitrogens with zero attached hydrogens (tertiary/aromatic N) is 5. The first-order valence-electron chi connectivity index (χ1n) is 7.80. The summed E-state index contributed by atoms with van der Waals surface area (Å²) in [5.41, 5.74) is -1.33. The van der Waals surface area contributed by atoms with Crippen molar-refractivity contribution in [1.82, 2.24) is 24.5 Å². The molecular weight excluding hydrogens is 371 g/mol. The fourth-order valence-electron chi connectivity index (χ4n) is 2.66. The molecule has 0 radical (unpaired) electrons. The molecule has 144 valence electrons. The summed E-state index contributed by atoms with van der Waals surface area (Å²) < 4.78 is 68.5. The third-order valence-corrected chi connectivity index (χ3v) is 3.98. The molecule has 0 aliphatic heterocycles. The standard InChI is InChI=1S/C16H15F5N6/c1-26(2)11(14-9(17)4-3-5-10(14)18)7-22-13-6-12(16(19,20)21)25-15-23-8-24-27(13)15/h3-6,8,11,22H,7H2,1-2H3. The lowest BCUT2D eigenvalue weighted by Crippen LogP contribution is -2.29. The zero-order valence-corrected chi connectivity index (χ0v) is 14.3. The number of anilines is 1. The van der Waals surface area contributed by atoms with Crippen LogP contribution >= 0.6 is 0 Å². The number of rotatable bonds is 5. The summed E-state index contributed by atoms with van der Waals surface area (Å²) in [6.07, 6.45) is -3.61. The maximum atomic E-state index is 14.1. The molecule has 6 nitrogen and oxygen atoms in total. The van der Waals surface area contributed by atoms with Crippen LogP contribution in [0, 0.1) is 11.6 Å². The number of likely N-dealkylation sites (N-methyl/N-ethyl adjacent to an activating group) is 1. The summed E-state index contributed by atoms with van der Waals surface area (Å²) in [7, 11) is 3.22. The molecule has 3 aromatic rings. The summed E-state index contributed by atoms with van der Waals surface area (Å²) >= 11 is 0. The Hall–Kier alpha value is -2.82. The Balaban J connectivity index is 1.96. The highest BCUT2D eigenvalue weighted by Gasteiger charge is 2.34. The van der Waals surface area contributed by atoms with Crippen molar-refractivity contribution in [3.8, 4) is 0 Å². The lowest BCUT2D eigenvalue weighted by atomic mass is 10.0. The molecule has 0 spiro atoms. The molecule has 11 heteroatoms. The SMILES string of the molecule is CN(C)C(CNc1cc(C(F)(F)F)nc2ncnn12)c1c(F)cccc1F. The Morgan fingerprint density at radius 3 is 2.44 bits per heavy atom. The Morgan fingerprint density at radius 2 is 1.85 bits per heavy atom. The lowest BCUT2D eigenvalue weighted by Gasteiger charge is -2.26. The number of alkyl halides is 3. The molecule has 0 aliphatic rings. The van der Waals surface area contributed by atoms with Crippen molar-refractivity contribution in [2.24, 2.45) is 0 Å². The predicted octanol–water partition coefficient (Wildman–Crippen LogP) is 3.14. The second-order valence-corrected chi connectivity index (χ2v) is 5.99. The molecule has 2 heterocycles. The van der Waals surface area contributed by atoms with Gasteiger partial charge in [-0.05, 0) is 26.2 Å². The van der Waals surface area contributed by atoms with Crippen LogP contribution in [0.5, 0.6) is 0 Å². The fourth-order valence-corrected chi connectivity index (χ4v) is 2.66. The average molecular weight is 386 g/mol. The van der Waals surface area contributed by atoms with Gasteiger partial charge < -0.3 is 10.2 Å². The summed E-state index contributed by atoms with van der Waals surface area (Å²) in [5.74, 6) is -1.78. The number of halogens is 5. The van der Waals surface area contributed by atoms with E-state index >= 15 is 0 Å². The van der Waals surface area contributed by atoms with E-state index in [1.807, 2.05) is 0 Å². The Morgan fingerprint density at radius 1 is 1.19 bits per heavy atom. The summed E-state index contributed by atoms with van der Waals surface area (Å²) in [6, 6.07) is 3.47. The zero-order valence-electron chi connectivity index (χ0n) is 14.3. The Bertz CT molecular complexity index is 932. The average Bonchev–Trinajstić information content (AvgIpc) is 3.04. The van der Waals surface area contributed by atoms with Gasteiger partial charge in [0.25, 0.3) is 5.78 Å². The van der Waals surface area contributed by atoms with Gasteiger partial charge in [-0.15, -0.1) is 0 Å². The summed E-state index contributed by atoms with van der Waals surface area (Å²) in [6.45, 7) is -0.0822. The molecule has 0 amide bonds. The van der Waals surface area contributed by atoms with E-state index in [1.165, 1.54) is 6.07 Å². The molecule has 1 N–H and O–H groups in total. The van der Waals surface area contributed by atoms with E-state index in [0.29, 0.717) is 0 Å². The van der Waals surface area contributed by atoms with Crippen molar-refractivity contribution in [2.45, 2.75) is 12.2 Å². The maximum absolute atomic E-state index is 14.1. The normalized spacial score (nSPS) is 13.3. The van der Waals surface area contributed by atoms with Gasteiger partial charge in [0.15, 0.2) is 5.69 Å². The van der Waals surface area contributed by atoms with Crippen LogP contribution in [-0.4, -0.2) is 45.1 Å². The minimum absolute atomic E-state index is 0.0478. The number of hydrogen-bond donors (Lipinski definition) is 1. The van der Waals surface area contributed by atoms with Crippen molar-refractivity contribution in [3.05, 3.63) is 53.5 Å². The monoisotopic (exact) mass is 386 g/mol. The van der Waals surface area contributed by atoms with Crippen LogP contribution in [0.2, 0.25) is 0 Å². The van der Waals surface area contributed by atoms with Crippen molar-refractivity contribution in [3.63, 3.8) is 0 Å². The van der Waals surface area contributed by atoms with Gasteiger partial charge in [-0.1, -0.05) is 6.07 Å². The van der Waals surface area contributed by atoms with E-state index in [1.54, 1.807) is 19.0 Å². The van der Waals surface area contributed by atoms with E-state index in [-0.39, 0.29) is 23.7 Å². The van der Waals surface area contributed by atoms with E-state index in [9.17, 15) is 22.0 Å². The molecule has 1 atom stereocenters. The van der Waals surface area contributed by atoms with Crippen molar-refractivity contribution in [1.29, 1.82) is 0 Å². The molecule has 0 saturated carbocycles. The summed E-state index contributed by atoms with van der Waals surface area (Å²) in [5, 5.41) is 6.59. The molecule has 2 aromatic heterocycles. The zero-order chi connectivity index (χ0) is 19.8. The smallest absolute Gasteiger partial charge is 0.368 e. The van der Waals surface area contributed by atoms with E-state index < -0.39 is 29.5 Å². The maximum Gasteiger partial charge on any atom is 0.433 e. The predicted molar refractivity (Wildman–Crippen MR) is 87.1 cm³/mol. The Labute approximate surface area is 150 Å². The van der Waals surface area contributed by atoms with Crippen molar-refractivity contribution >= 4 is 11.6 Å². The third kappa shape index (κ3) is 3.82. The van der Waals surface area contributed by atoms with Crippen LogP contribution < -0.4 is 5.32 Å². The number of nitrogens with one attached hydrogen (secondary N) is 1. The number of hydrogen-bond acceptors (Lipinski definition) is 5. The van der Waals surface area contributed by atoms with Gasteiger partial charge in [-0.2, -0.15) is 27.8 Å². The first-order valence-corrected chi connectivity index (χ1v) is 7.80. The van der Waals surface area contributed by atoms with Crippen LogP contribution in [-0.2, 0) is 6.18 Å². The molecule has 0 bridgehead atoms. The Kier molecular flexibility index (Phi) is 4.96. The highest BCUT2D eigenvalue weighted by Crippen LogP contribution is 2.30. The van der Waals surface area contributed by atoms with Crippen molar-refractivity contribution in [2.75, 3.05) is 26.0 Å². The summed E-state index contributed by atoms with van der Waals surface area (Å²) in [4.78, 5) is 8.64. The van der Waals surface area contributed by atoms with E-state index in [4.69, 9.17) is 0 Å². The number of benzene rings is 1. The highest BCUT2D eigenvalue weighted by atomic mass is 19.4. The minimum atomic E-state index is -4.68. The van der Waals surface area contributed by atoms with Crippen molar-refractivity contribution < 1.29 is 22.0 Å². The molecule has 0 fully saturated rings. The van der Waals surface area contributed by atoms with E-state index in [0.717, 1.165) is 29.0 Å². The van der Waals surface area contributed by atoms with Crippen LogP contribution in [0.25, 0.3) is 5.78 Å². The molecule has 0 aliphatic carbocycles. The number of aromatic nitrogens is 4. The second kappa shape index (κ2) is 7.06. The largest absolute Gasteiger partial charge is 0.433 e. The van der Waals surface area contributed by atoms with Crippen LogP contribution in [0.15, 0.2) is 30.6 Å². The van der Waals surface area contributed by atoms with E-state index in [2.05, 4.69) is 20.4 Å². The highest BCUT2D eigenvalue weighted by molar-refractivity contribution is 5.46. The first-order chi connectivity index (χ1) is 12.7. The van der Waals surface area contributed by atoms with Gasteiger partial charge in [-0.25, -0.2) is 13.8 Å². The molecular formula is C16H15F5N6.